The summed E-state index contributed by atoms with van der Waals surface area (Å²) in [6.45, 7) is 4.27. The third kappa shape index (κ3) is 7.32. The van der Waals surface area contributed by atoms with Crippen LogP contribution in [0.4, 0.5) is 4.39 Å². The molecule has 0 aromatic heterocycles. The molecule has 0 saturated heterocycles. The molecule has 8 nitrogen and oxygen atoms in total. The van der Waals surface area contributed by atoms with Gasteiger partial charge in [0.15, 0.2) is 0 Å². The highest BCUT2D eigenvalue weighted by Crippen LogP contribution is 2.28. The molecule has 9 heteroatoms. The number of ether oxygens (including phenoxy) is 1. The minimum atomic E-state index is -0.734. The van der Waals surface area contributed by atoms with E-state index in [4.69, 9.17) is 21.9 Å². The molecule has 2 unspecified atom stereocenters. The van der Waals surface area contributed by atoms with Crippen molar-refractivity contribution in [1.82, 2.24) is 5.32 Å². The van der Waals surface area contributed by atoms with Crippen LogP contribution in [0.25, 0.3) is 0 Å². The fourth-order valence-corrected chi connectivity index (χ4v) is 2.83. The van der Waals surface area contributed by atoms with E-state index < -0.39 is 23.9 Å². The fourth-order valence-electron chi connectivity index (χ4n) is 2.83. The second-order valence-corrected chi connectivity index (χ2v) is 6.66. The topological polar surface area (TPSA) is 146 Å². The number of aliphatic imine (C=N–C) groups is 1. The predicted molar refractivity (Wildman–Crippen MR) is 117 cm³/mol. The highest BCUT2D eigenvalue weighted by atomic mass is 19.1. The van der Waals surface area contributed by atoms with Crippen LogP contribution in [0, 0.1) is 5.82 Å². The Morgan fingerprint density at radius 2 is 1.68 bits per heavy atom. The van der Waals surface area contributed by atoms with Crippen molar-refractivity contribution in [2.45, 2.75) is 18.5 Å². The molecular weight excluding hydrogens is 401 g/mol. The van der Waals surface area contributed by atoms with Crippen LogP contribution in [-0.4, -0.2) is 36.7 Å². The van der Waals surface area contributed by atoms with Gasteiger partial charge in [0, 0.05) is 13.1 Å². The van der Waals surface area contributed by atoms with E-state index >= 15 is 0 Å². The van der Waals surface area contributed by atoms with E-state index in [0.29, 0.717) is 30.2 Å². The standard InChI is InChI=1S/C22H26FN5O3/c1-2-18(21(25)29)28-19(13-20(22(26)30)27-12-11-24)14-3-7-16(8-4-14)31-17-9-5-15(23)6-10-17/h2-10,19-20,27H,1,11-13,24H2,(H2,25,29)(H2,26,30). The molecule has 0 aliphatic heterocycles. The Morgan fingerprint density at radius 3 is 2.16 bits per heavy atom. The molecule has 0 fully saturated rings. The first-order chi connectivity index (χ1) is 14.8. The van der Waals surface area contributed by atoms with Crippen molar-refractivity contribution < 1.29 is 18.7 Å². The molecule has 2 aromatic rings. The van der Waals surface area contributed by atoms with Crippen molar-refractivity contribution in [1.29, 1.82) is 0 Å². The number of halogens is 1. The number of nitrogens with two attached hydrogens (primary N) is 3. The van der Waals surface area contributed by atoms with E-state index in [2.05, 4.69) is 16.9 Å². The minimum Gasteiger partial charge on any atom is -0.457 e. The third-order valence-corrected chi connectivity index (χ3v) is 4.39. The molecule has 0 aliphatic rings. The van der Waals surface area contributed by atoms with Crippen molar-refractivity contribution in [3.63, 3.8) is 0 Å². The summed E-state index contributed by atoms with van der Waals surface area (Å²) >= 11 is 0. The number of hydrogen-bond acceptors (Lipinski definition) is 6. The molecule has 2 rings (SSSR count). The quantitative estimate of drug-likeness (QED) is 0.380. The first-order valence-corrected chi connectivity index (χ1v) is 9.60. The maximum atomic E-state index is 13.0. The van der Waals surface area contributed by atoms with Gasteiger partial charge in [-0.3, -0.25) is 14.6 Å². The molecule has 0 radical (unpaired) electrons. The number of rotatable bonds is 12. The zero-order valence-electron chi connectivity index (χ0n) is 17.0. The summed E-state index contributed by atoms with van der Waals surface area (Å²) in [5, 5.41) is 2.97. The first-order valence-electron chi connectivity index (χ1n) is 9.60. The molecule has 0 spiro atoms. The van der Waals surface area contributed by atoms with Crippen molar-refractivity contribution in [2.24, 2.45) is 22.2 Å². The lowest BCUT2D eigenvalue weighted by molar-refractivity contribution is -0.120. The number of amides is 2. The molecule has 0 aliphatic carbocycles. The molecule has 0 saturated carbocycles. The van der Waals surface area contributed by atoms with Crippen molar-refractivity contribution in [3.05, 3.63) is 72.6 Å². The smallest absolute Gasteiger partial charge is 0.266 e. The Kier molecular flexibility index (Phi) is 8.86. The summed E-state index contributed by atoms with van der Waals surface area (Å²) in [7, 11) is 0. The molecule has 2 amide bonds. The lowest BCUT2D eigenvalue weighted by atomic mass is 9.98. The molecule has 31 heavy (non-hydrogen) atoms. The Labute approximate surface area is 180 Å². The van der Waals surface area contributed by atoms with Gasteiger partial charge in [-0.15, -0.1) is 0 Å². The minimum absolute atomic E-state index is 0.0151. The largest absolute Gasteiger partial charge is 0.457 e. The average Bonchev–Trinajstić information content (AvgIpc) is 2.75. The summed E-state index contributed by atoms with van der Waals surface area (Å²) in [5.74, 6) is -0.662. The number of carbonyl (C=O) groups is 2. The molecule has 164 valence electrons. The zero-order chi connectivity index (χ0) is 22.8. The van der Waals surface area contributed by atoms with E-state index in [1.807, 2.05) is 0 Å². The monoisotopic (exact) mass is 427 g/mol. The summed E-state index contributed by atoms with van der Waals surface area (Å²) < 4.78 is 18.7. The van der Waals surface area contributed by atoms with E-state index in [1.165, 1.54) is 30.3 Å². The molecule has 2 aromatic carbocycles. The van der Waals surface area contributed by atoms with Gasteiger partial charge in [-0.2, -0.15) is 0 Å². The number of primary amides is 2. The fraction of sp³-hybridized carbons (Fsp3) is 0.227. The van der Waals surface area contributed by atoms with Crippen LogP contribution in [-0.2, 0) is 9.59 Å². The second kappa shape index (κ2) is 11.6. The Balaban J connectivity index is 2.29. The molecular formula is C22H26FN5O3. The van der Waals surface area contributed by atoms with Gasteiger partial charge in [0.05, 0.1) is 12.1 Å². The molecule has 7 N–H and O–H groups in total. The van der Waals surface area contributed by atoms with E-state index in [-0.39, 0.29) is 17.9 Å². The predicted octanol–water partition coefficient (Wildman–Crippen LogP) is 1.56. The summed E-state index contributed by atoms with van der Waals surface area (Å²) in [6, 6.07) is 11.2. The van der Waals surface area contributed by atoms with Crippen LogP contribution in [0.5, 0.6) is 11.5 Å². The van der Waals surface area contributed by atoms with Gasteiger partial charge in [0.2, 0.25) is 5.91 Å². The number of benzene rings is 2. The van der Waals surface area contributed by atoms with Gasteiger partial charge in [0.1, 0.15) is 23.0 Å². The number of hydrogen-bond donors (Lipinski definition) is 4. The van der Waals surface area contributed by atoms with Crippen LogP contribution in [0.2, 0.25) is 0 Å². The Morgan fingerprint density at radius 1 is 1.10 bits per heavy atom. The summed E-state index contributed by atoms with van der Waals surface area (Å²) in [5.41, 5.74) is 17.0. The number of carbonyl (C=O) groups excluding carboxylic acids is 2. The number of nitrogens with zero attached hydrogens (tertiary/aromatic N) is 1. The van der Waals surface area contributed by atoms with Crippen LogP contribution in [0.1, 0.15) is 18.0 Å². The highest BCUT2D eigenvalue weighted by Gasteiger charge is 2.22. The van der Waals surface area contributed by atoms with Crippen LogP contribution in [0.3, 0.4) is 0 Å². The summed E-state index contributed by atoms with van der Waals surface area (Å²) in [6.07, 6.45) is 1.44. The Hall–Kier alpha value is -3.56. The maximum Gasteiger partial charge on any atom is 0.266 e. The lowest BCUT2D eigenvalue weighted by Gasteiger charge is -2.21. The molecule has 2 atom stereocenters. The second-order valence-electron chi connectivity index (χ2n) is 6.66. The van der Waals surface area contributed by atoms with Crippen molar-refractivity contribution >= 4 is 17.5 Å². The van der Waals surface area contributed by atoms with Gasteiger partial charge in [-0.25, -0.2) is 4.39 Å². The first kappa shape index (κ1) is 23.7. The summed E-state index contributed by atoms with van der Waals surface area (Å²) in [4.78, 5) is 27.9. The number of nitrogens with one attached hydrogen (secondary N) is 1. The normalized spacial score (nSPS) is 13.3. The van der Waals surface area contributed by atoms with E-state index in [9.17, 15) is 14.0 Å². The van der Waals surface area contributed by atoms with E-state index in [1.54, 1.807) is 24.3 Å². The van der Waals surface area contributed by atoms with Crippen LogP contribution >= 0.6 is 0 Å². The third-order valence-electron chi connectivity index (χ3n) is 4.39. The van der Waals surface area contributed by atoms with Gasteiger partial charge < -0.3 is 27.3 Å². The SMILES string of the molecule is C=CC(=NC(CC(NCCN)C(N)=O)c1ccc(Oc2ccc(F)cc2)cc1)C(N)=O. The van der Waals surface area contributed by atoms with Crippen LogP contribution < -0.4 is 27.3 Å². The van der Waals surface area contributed by atoms with Gasteiger partial charge in [0.25, 0.3) is 5.91 Å². The lowest BCUT2D eigenvalue weighted by Crippen LogP contribution is -2.44. The van der Waals surface area contributed by atoms with Crippen LogP contribution in [0.15, 0.2) is 66.2 Å². The molecule has 0 heterocycles. The Bertz CT molecular complexity index is 929. The van der Waals surface area contributed by atoms with Crippen molar-refractivity contribution in [2.75, 3.05) is 13.1 Å². The van der Waals surface area contributed by atoms with Gasteiger partial charge in [-0.05, 0) is 54.5 Å². The van der Waals surface area contributed by atoms with E-state index in [0.717, 1.165) is 0 Å². The maximum absolute atomic E-state index is 13.0. The molecule has 0 bridgehead atoms. The van der Waals surface area contributed by atoms with Gasteiger partial charge >= 0.3 is 0 Å². The zero-order valence-corrected chi connectivity index (χ0v) is 17.0. The average molecular weight is 427 g/mol. The van der Waals surface area contributed by atoms with Gasteiger partial charge in [-0.1, -0.05) is 18.7 Å². The van der Waals surface area contributed by atoms with Crippen molar-refractivity contribution in [3.8, 4) is 11.5 Å². The highest BCUT2D eigenvalue weighted by molar-refractivity contribution is 6.42.